The molecule has 0 heterocycles. The number of benzene rings is 2. The molecule has 0 unspecified atom stereocenters. The van der Waals surface area contributed by atoms with Crippen LogP contribution in [0.15, 0.2) is 48.5 Å². The summed E-state index contributed by atoms with van der Waals surface area (Å²) in [6, 6.07) is 13.7. The van der Waals surface area contributed by atoms with E-state index in [-0.39, 0.29) is 30.7 Å². The Morgan fingerprint density at radius 3 is 2.21 bits per heavy atom. The zero-order valence-corrected chi connectivity index (χ0v) is 19.3. The monoisotopic (exact) mass is 454 g/mol. The summed E-state index contributed by atoms with van der Waals surface area (Å²) in [6.07, 6.45) is -0.460. The second kappa shape index (κ2) is 11.7. The van der Waals surface area contributed by atoms with E-state index in [1.807, 2.05) is 0 Å². The summed E-state index contributed by atoms with van der Waals surface area (Å²) in [6.45, 7) is 7.16. The van der Waals surface area contributed by atoms with Gasteiger partial charge in [-0.25, -0.2) is 4.79 Å². The fourth-order valence-electron chi connectivity index (χ4n) is 2.75. The van der Waals surface area contributed by atoms with E-state index in [2.05, 4.69) is 21.3 Å². The molecule has 0 atom stereocenters. The molecule has 2 rings (SSSR count). The molecule has 0 bridgehead atoms. The fraction of sp³-hybridized carbons (Fsp3) is 0.333. The van der Waals surface area contributed by atoms with Crippen molar-refractivity contribution in [1.29, 1.82) is 0 Å². The molecule has 0 aromatic heterocycles. The van der Waals surface area contributed by atoms with E-state index in [0.717, 1.165) is 5.56 Å². The van der Waals surface area contributed by atoms with Crippen molar-refractivity contribution in [3.05, 3.63) is 59.7 Å². The lowest BCUT2D eigenvalue weighted by Crippen LogP contribution is -2.34. The second-order valence-corrected chi connectivity index (χ2v) is 8.37. The lowest BCUT2D eigenvalue weighted by atomic mass is 10.1. The molecule has 0 aliphatic carbocycles. The van der Waals surface area contributed by atoms with Crippen molar-refractivity contribution in [2.75, 3.05) is 17.2 Å². The Kier molecular flexibility index (Phi) is 8.97. The molecule has 9 nitrogen and oxygen atoms in total. The quantitative estimate of drug-likeness (QED) is 0.486. The van der Waals surface area contributed by atoms with Crippen LogP contribution < -0.4 is 21.3 Å². The first-order valence-corrected chi connectivity index (χ1v) is 10.5. The van der Waals surface area contributed by atoms with Crippen molar-refractivity contribution in [3.8, 4) is 0 Å². The molecule has 2 aromatic rings. The van der Waals surface area contributed by atoms with Crippen LogP contribution in [0.1, 0.15) is 50.0 Å². The van der Waals surface area contributed by atoms with Gasteiger partial charge < -0.3 is 26.0 Å². The zero-order valence-electron chi connectivity index (χ0n) is 19.3. The summed E-state index contributed by atoms with van der Waals surface area (Å²) in [5.74, 6) is -0.720. The highest BCUT2D eigenvalue weighted by atomic mass is 16.6. The highest BCUT2D eigenvalue weighted by Crippen LogP contribution is 2.12. The summed E-state index contributed by atoms with van der Waals surface area (Å²) in [5, 5.41) is 10.7. The highest BCUT2D eigenvalue weighted by Gasteiger charge is 2.16. The molecule has 2 aromatic carbocycles. The van der Waals surface area contributed by atoms with Crippen LogP contribution in [-0.2, 0) is 20.9 Å². The van der Waals surface area contributed by atoms with E-state index in [0.29, 0.717) is 23.5 Å². The summed E-state index contributed by atoms with van der Waals surface area (Å²) < 4.78 is 5.11. The Labute approximate surface area is 193 Å². The maximum Gasteiger partial charge on any atom is 0.407 e. The van der Waals surface area contributed by atoms with Crippen LogP contribution in [0.4, 0.5) is 16.2 Å². The van der Waals surface area contributed by atoms with Crippen molar-refractivity contribution in [3.63, 3.8) is 0 Å². The van der Waals surface area contributed by atoms with Crippen LogP contribution in [0.5, 0.6) is 0 Å². The highest BCUT2D eigenvalue weighted by molar-refractivity contribution is 5.96. The molecule has 9 heteroatoms. The smallest absolute Gasteiger partial charge is 0.407 e. The summed E-state index contributed by atoms with van der Waals surface area (Å²) >= 11 is 0. The van der Waals surface area contributed by atoms with E-state index in [4.69, 9.17) is 4.74 Å². The lowest BCUT2D eigenvalue weighted by Gasteiger charge is -2.19. The predicted octanol–water partition coefficient (Wildman–Crippen LogP) is 3.43. The van der Waals surface area contributed by atoms with Gasteiger partial charge in [0.2, 0.25) is 11.8 Å². The molecule has 4 N–H and O–H groups in total. The van der Waals surface area contributed by atoms with Crippen molar-refractivity contribution in [2.24, 2.45) is 0 Å². The van der Waals surface area contributed by atoms with E-state index >= 15 is 0 Å². The van der Waals surface area contributed by atoms with Gasteiger partial charge in [-0.1, -0.05) is 18.2 Å². The van der Waals surface area contributed by atoms with E-state index < -0.39 is 11.7 Å². The van der Waals surface area contributed by atoms with E-state index in [1.54, 1.807) is 69.3 Å². The van der Waals surface area contributed by atoms with Crippen LogP contribution in [0.25, 0.3) is 0 Å². The number of anilines is 2. The van der Waals surface area contributed by atoms with Gasteiger partial charge >= 0.3 is 6.09 Å². The van der Waals surface area contributed by atoms with Gasteiger partial charge in [0.1, 0.15) is 5.60 Å². The molecule has 0 saturated heterocycles. The minimum absolute atomic E-state index is 0.106. The number of ether oxygens (including phenoxy) is 1. The molecular formula is C24H30N4O5. The van der Waals surface area contributed by atoms with Gasteiger partial charge in [0.25, 0.3) is 5.91 Å². The number of hydrogen-bond acceptors (Lipinski definition) is 5. The summed E-state index contributed by atoms with van der Waals surface area (Å²) in [7, 11) is 0. The van der Waals surface area contributed by atoms with E-state index in [9.17, 15) is 19.2 Å². The molecule has 0 fully saturated rings. The third-order valence-corrected chi connectivity index (χ3v) is 4.16. The van der Waals surface area contributed by atoms with Gasteiger partial charge in [-0.3, -0.25) is 14.4 Å². The van der Waals surface area contributed by atoms with Crippen molar-refractivity contribution >= 4 is 35.2 Å². The standard InChI is InChI=1S/C24H30N4O5/c1-16(29)27-20-7-5-6-18(14-20)22(31)26-15-17-8-10-19(11-9-17)28-21(30)12-13-25-23(32)33-24(2,3)4/h5-11,14H,12-13,15H2,1-4H3,(H,25,32)(H,26,31)(H,27,29)(H,28,30). The van der Waals surface area contributed by atoms with Crippen LogP contribution in [0.2, 0.25) is 0 Å². The third kappa shape index (κ3) is 9.86. The molecule has 4 amide bonds. The van der Waals surface area contributed by atoms with Crippen LogP contribution in [-0.4, -0.2) is 36.0 Å². The molecule has 0 radical (unpaired) electrons. The van der Waals surface area contributed by atoms with Crippen molar-refractivity contribution in [2.45, 2.75) is 46.3 Å². The summed E-state index contributed by atoms with van der Waals surface area (Å²) in [5.41, 5.74) is 1.85. The molecule has 0 aliphatic heterocycles. The summed E-state index contributed by atoms with van der Waals surface area (Å²) in [4.78, 5) is 47.2. The van der Waals surface area contributed by atoms with Gasteiger partial charge in [0.15, 0.2) is 0 Å². The molecule has 0 saturated carbocycles. The molecular weight excluding hydrogens is 424 g/mol. The Morgan fingerprint density at radius 1 is 0.879 bits per heavy atom. The van der Waals surface area contributed by atoms with Crippen LogP contribution in [0.3, 0.4) is 0 Å². The Morgan fingerprint density at radius 2 is 1.58 bits per heavy atom. The lowest BCUT2D eigenvalue weighted by molar-refractivity contribution is -0.116. The van der Waals surface area contributed by atoms with Gasteiger partial charge in [-0.15, -0.1) is 0 Å². The first-order chi connectivity index (χ1) is 15.5. The Hall–Kier alpha value is -3.88. The number of carbonyl (C=O) groups excluding carboxylic acids is 4. The normalized spacial score (nSPS) is 10.7. The van der Waals surface area contributed by atoms with Crippen LogP contribution >= 0.6 is 0 Å². The SMILES string of the molecule is CC(=O)Nc1cccc(C(=O)NCc2ccc(NC(=O)CCNC(=O)OC(C)(C)C)cc2)c1. The largest absolute Gasteiger partial charge is 0.444 e. The number of carbonyl (C=O) groups is 4. The number of nitrogens with one attached hydrogen (secondary N) is 4. The Balaban J connectivity index is 1.77. The molecule has 0 aliphatic rings. The minimum Gasteiger partial charge on any atom is -0.444 e. The third-order valence-electron chi connectivity index (χ3n) is 4.16. The number of alkyl carbamates (subject to hydrolysis) is 1. The van der Waals surface area contributed by atoms with Gasteiger partial charge in [0, 0.05) is 43.4 Å². The predicted molar refractivity (Wildman–Crippen MR) is 126 cm³/mol. The molecule has 33 heavy (non-hydrogen) atoms. The Bertz CT molecular complexity index is 997. The average Bonchev–Trinajstić information content (AvgIpc) is 2.71. The minimum atomic E-state index is -0.593. The first kappa shape index (κ1) is 25.4. The number of amides is 4. The van der Waals surface area contributed by atoms with Crippen molar-refractivity contribution < 1.29 is 23.9 Å². The van der Waals surface area contributed by atoms with Gasteiger partial charge in [-0.2, -0.15) is 0 Å². The van der Waals surface area contributed by atoms with Gasteiger partial charge in [-0.05, 0) is 56.7 Å². The maximum atomic E-state index is 12.4. The average molecular weight is 455 g/mol. The van der Waals surface area contributed by atoms with Crippen LogP contribution in [0, 0.1) is 0 Å². The zero-order chi connectivity index (χ0) is 24.4. The number of hydrogen-bond donors (Lipinski definition) is 4. The fourth-order valence-corrected chi connectivity index (χ4v) is 2.75. The number of rotatable bonds is 8. The molecule has 176 valence electrons. The first-order valence-electron chi connectivity index (χ1n) is 10.5. The molecule has 0 spiro atoms. The topological polar surface area (TPSA) is 126 Å². The second-order valence-electron chi connectivity index (χ2n) is 8.37. The van der Waals surface area contributed by atoms with Crippen molar-refractivity contribution in [1.82, 2.24) is 10.6 Å². The van der Waals surface area contributed by atoms with E-state index in [1.165, 1.54) is 6.92 Å². The van der Waals surface area contributed by atoms with Gasteiger partial charge in [0.05, 0.1) is 0 Å². The maximum absolute atomic E-state index is 12.4.